The highest BCUT2D eigenvalue weighted by molar-refractivity contribution is 6.10. The first kappa shape index (κ1) is 10.3. The zero-order chi connectivity index (χ0) is 12.5. The molecule has 0 aliphatic rings. The van der Waals surface area contributed by atoms with E-state index in [9.17, 15) is 5.26 Å². The number of hydrogen-bond donors (Lipinski definition) is 0. The predicted molar refractivity (Wildman–Crippen MR) is 70.9 cm³/mol. The lowest BCUT2D eigenvalue weighted by atomic mass is 9.96. The maximum absolute atomic E-state index is 9.21. The van der Waals surface area contributed by atoms with Crippen LogP contribution in [0.3, 0.4) is 0 Å². The second kappa shape index (κ2) is 3.87. The molecule has 0 unspecified atom stereocenters. The summed E-state index contributed by atoms with van der Waals surface area (Å²) >= 11 is 0. The van der Waals surface area contributed by atoms with Crippen LogP contribution in [0.5, 0.6) is 0 Å². The van der Waals surface area contributed by atoms with Gasteiger partial charge < -0.3 is 0 Å². The molecule has 0 aliphatic heterocycles. The second-order valence-electron chi connectivity index (χ2n) is 4.13. The maximum atomic E-state index is 9.21. The number of nitrogens with zero attached hydrogens (tertiary/aromatic N) is 2. The van der Waals surface area contributed by atoms with Crippen molar-refractivity contribution in [2.24, 2.45) is 0 Å². The molecule has 0 fully saturated rings. The first-order valence-corrected chi connectivity index (χ1v) is 5.59. The fourth-order valence-electron chi connectivity index (χ4n) is 2.27. The summed E-state index contributed by atoms with van der Waals surface area (Å²) in [6.07, 6.45) is 0. The van der Waals surface area contributed by atoms with Crippen LogP contribution in [0.1, 0.15) is 11.1 Å². The van der Waals surface area contributed by atoms with Crippen LogP contribution in [-0.2, 0) is 0 Å². The Hall–Kier alpha value is -2.84. The van der Waals surface area contributed by atoms with Crippen LogP contribution in [0, 0.1) is 22.7 Å². The van der Waals surface area contributed by atoms with E-state index >= 15 is 0 Å². The summed E-state index contributed by atoms with van der Waals surface area (Å²) in [5, 5.41) is 22.1. The molecule has 3 rings (SSSR count). The Morgan fingerprint density at radius 1 is 0.722 bits per heavy atom. The third kappa shape index (κ3) is 1.41. The molecule has 0 aliphatic carbocycles. The van der Waals surface area contributed by atoms with Crippen molar-refractivity contribution in [2.45, 2.75) is 0 Å². The number of fused-ring (bicyclic) bond motifs is 3. The van der Waals surface area contributed by atoms with E-state index in [0.29, 0.717) is 11.1 Å². The van der Waals surface area contributed by atoms with E-state index < -0.39 is 0 Å². The van der Waals surface area contributed by atoms with Gasteiger partial charge in [0.15, 0.2) is 0 Å². The molecular formula is C16H8N2. The third-order valence-corrected chi connectivity index (χ3v) is 3.11. The van der Waals surface area contributed by atoms with Gasteiger partial charge in [-0.25, -0.2) is 0 Å². The second-order valence-corrected chi connectivity index (χ2v) is 4.13. The van der Waals surface area contributed by atoms with Crippen molar-refractivity contribution in [3.63, 3.8) is 0 Å². The van der Waals surface area contributed by atoms with Crippen LogP contribution in [0.2, 0.25) is 0 Å². The highest BCUT2D eigenvalue weighted by atomic mass is 14.3. The average Bonchev–Trinajstić information content (AvgIpc) is 2.45. The molecule has 0 radical (unpaired) electrons. The number of benzene rings is 3. The summed E-state index contributed by atoms with van der Waals surface area (Å²) in [7, 11) is 0. The predicted octanol–water partition coefficient (Wildman–Crippen LogP) is 3.74. The SMILES string of the molecule is N#Cc1ccc2c(C#N)cc3ccccc3c2c1. The highest BCUT2D eigenvalue weighted by Crippen LogP contribution is 2.29. The maximum Gasteiger partial charge on any atom is 0.0998 e. The molecule has 18 heavy (non-hydrogen) atoms. The molecule has 82 valence electrons. The number of hydrogen-bond acceptors (Lipinski definition) is 2. The fourth-order valence-corrected chi connectivity index (χ4v) is 2.27. The van der Waals surface area contributed by atoms with Crippen molar-refractivity contribution in [3.05, 3.63) is 59.7 Å². The molecule has 0 N–H and O–H groups in total. The minimum atomic E-state index is 0.614. The van der Waals surface area contributed by atoms with E-state index in [1.165, 1.54) is 0 Å². The molecule has 2 heteroatoms. The Morgan fingerprint density at radius 2 is 1.56 bits per heavy atom. The molecule has 2 nitrogen and oxygen atoms in total. The average molecular weight is 228 g/mol. The zero-order valence-corrected chi connectivity index (χ0v) is 9.51. The molecule has 0 aromatic heterocycles. The van der Waals surface area contributed by atoms with Crippen molar-refractivity contribution in [1.82, 2.24) is 0 Å². The fraction of sp³-hybridized carbons (Fsp3) is 0. The van der Waals surface area contributed by atoms with Gasteiger partial charge in [0.2, 0.25) is 0 Å². The van der Waals surface area contributed by atoms with Crippen LogP contribution in [0.15, 0.2) is 48.5 Å². The Labute approximate surface area is 104 Å². The first-order valence-electron chi connectivity index (χ1n) is 5.59. The van der Waals surface area contributed by atoms with Crippen molar-refractivity contribution >= 4 is 21.5 Å². The Bertz CT molecular complexity index is 848. The monoisotopic (exact) mass is 228 g/mol. The highest BCUT2D eigenvalue weighted by Gasteiger charge is 2.06. The van der Waals surface area contributed by atoms with Gasteiger partial charge in [-0.15, -0.1) is 0 Å². The van der Waals surface area contributed by atoms with Gasteiger partial charge in [-0.3, -0.25) is 0 Å². The van der Waals surface area contributed by atoms with E-state index in [1.54, 1.807) is 6.07 Å². The quantitative estimate of drug-likeness (QED) is 0.550. The molecule has 0 saturated heterocycles. The van der Waals surface area contributed by atoms with Gasteiger partial charge in [0.05, 0.1) is 23.3 Å². The molecule has 0 spiro atoms. The number of nitriles is 2. The van der Waals surface area contributed by atoms with Gasteiger partial charge in [0.25, 0.3) is 0 Å². The van der Waals surface area contributed by atoms with Crippen LogP contribution < -0.4 is 0 Å². The van der Waals surface area contributed by atoms with E-state index in [2.05, 4.69) is 12.1 Å². The summed E-state index contributed by atoms with van der Waals surface area (Å²) < 4.78 is 0. The molecule has 3 aromatic carbocycles. The van der Waals surface area contributed by atoms with Gasteiger partial charge in [0, 0.05) is 5.39 Å². The van der Waals surface area contributed by atoms with E-state index in [0.717, 1.165) is 21.5 Å². The van der Waals surface area contributed by atoms with E-state index in [-0.39, 0.29) is 0 Å². The molecule has 0 amide bonds. The summed E-state index contributed by atoms with van der Waals surface area (Å²) in [5.74, 6) is 0. The van der Waals surface area contributed by atoms with Crippen molar-refractivity contribution in [1.29, 1.82) is 10.5 Å². The lowest BCUT2D eigenvalue weighted by molar-refractivity contribution is 1.49. The molecule has 3 aromatic rings. The molecule has 0 heterocycles. The Balaban J connectivity index is 2.59. The van der Waals surface area contributed by atoms with E-state index in [4.69, 9.17) is 5.26 Å². The molecular weight excluding hydrogens is 220 g/mol. The lowest BCUT2D eigenvalue weighted by Crippen LogP contribution is -1.84. The minimum absolute atomic E-state index is 0.614. The van der Waals surface area contributed by atoms with Crippen LogP contribution >= 0.6 is 0 Å². The van der Waals surface area contributed by atoms with Crippen molar-refractivity contribution in [3.8, 4) is 12.1 Å². The zero-order valence-electron chi connectivity index (χ0n) is 9.51. The minimum Gasteiger partial charge on any atom is -0.192 e. The van der Waals surface area contributed by atoms with Crippen molar-refractivity contribution in [2.75, 3.05) is 0 Å². The summed E-state index contributed by atoms with van der Waals surface area (Å²) in [6.45, 7) is 0. The Morgan fingerprint density at radius 3 is 2.33 bits per heavy atom. The normalized spacial score (nSPS) is 10.1. The molecule has 0 bridgehead atoms. The topological polar surface area (TPSA) is 47.6 Å². The van der Waals surface area contributed by atoms with Gasteiger partial charge in [0.1, 0.15) is 0 Å². The lowest BCUT2D eigenvalue weighted by Gasteiger charge is -2.06. The third-order valence-electron chi connectivity index (χ3n) is 3.11. The molecule has 0 saturated carbocycles. The standard InChI is InChI=1S/C16H8N2/c17-9-11-5-6-15-13(10-18)8-12-3-1-2-4-14(12)16(15)7-11/h1-8H. The van der Waals surface area contributed by atoms with Gasteiger partial charge in [-0.05, 0) is 34.4 Å². The van der Waals surface area contributed by atoms with Gasteiger partial charge in [-0.2, -0.15) is 10.5 Å². The van der Waals surface area contributed by atoms with Crippen LogP contribution in [-0.4, -0.2) is 0 Å². The van der Waals surface area contributed by atoms with Crippen LogP contribution in [0.25, 0.3) is 21.5 Å². The van der Waals surface area contributed by atoms with Crippen LogP contribution in [0.4, 0.5) is 0 Å². The van der Waals surface area contributed by atoms with Gasteiger partial charge in [-0.1, -0.05) is 30.3 Å². The summed E-state index contributed by atoms with van der Waals surface area (Å²) in [5.41, 5.74) is 1.26. The van der Waals surface area contributed by atoms with Crippen molar-refractivity contribution < 1.29 is 0 Å². The summed E-state index contributed by atoms with van der Waals surface area (Å²) in [4.78, 5) is 0. The number of rotatable bonds is 0. The van der Waals surface area contributed by atoms with Gasteiger partial charge >= 0.3 is 0 Å². The van der Waals surface area contributed by atoms with E-state index in [1.807, 2.05) is 42.5 Å². The Kier molecular flexibility index (Phi) is 2.22. The smallest absolute Gasteiger partial charge is 0.0998 e. The molecule has 0 atom stereocenters. The summed E-state index contributed by atoms with van der Waals surface area (Å²) in [6, 6.07) is 19.6. The largest absolute Gasteiger partial charge is 0.192 e. The first-order chi connectivity index (χ1) is 8.83.